The summed E-state index contributed by atoms with van der Waals surface area (Å²) >= 11 is 0. The third kappa shape index (κ3) is 6.97. The van der Waals surface area contributed by atoms with Crippen molar-refractivity contribution in [2.24, 2.45) is 0 Å². The number of fused-ring (bicyclic) bond motifs is 1. The van der Waals surface area contributed by atoms with E-state index in [1.165, 1.54) is 5.56 Å². The molecule has 6 aromatic carbocycles. The van der Waals surface area contributed by atoms with Crippen LogP contribution < -0.4 is 0 Å². The third-order valence-corrected chi connectivity index (χ3v) is 10.2. The van der Waals surface area contributed by atoms with Crippen molar-refractivity contribution in [2.45, 2.75) is 59.3 Å². The second-order valence-corrected chi connectivity index (χ2v) is 16.3. The molecule has 4 heteroatoms. The summed E-state index contributed by atoms with van der Waals surface area (Å²) in [5.41, 5.74) is 11.8. The van der Waals surface area contributed by atoms with E-state index < -0.39 is 0 Å². The molecule has 0 bridgehead atoms. The minimum atomic E-state index is -0.240. The Kier molecular flexibility index (Phi) is 7.84. The summed E-state index contributed by atoms with van der Waals surface area (Å²) in [6.45, 7) is 14.8. The first-order valence-corrected chi connectivity index (χ1v) is 18.7. The summed E-state index contributed by atoms with van der Waals surface area (Å²) < 4.78 is 36.6. The van der Waals surface area contributed by atoms with E-state index in [1.54, 1.807) is 25.3 Å². The van der Waals surface area contributed by atoms with Gasteiger partial charge in [0, 0.05) is 22.9 Å². The summed E-state index contributed by atoms with van der Waals surface area (Å²) in [5, 5.41) is 11.4. The number of aromatic hydroxyl groups is 1. The molecule has 0 fully saturated rings. The molecule has 0 aliphatic carbocycles. The molecule has 8 aromatic rings. The lowest BCUT2D eigenvalue weighted by atomic mass is 9.83. The summed E-state index contributed by atoms with van der Waals surface area (Å²) in [7, 11) is 0. The minimum absolute atomic E-state index is 0.0480. The fourth-order valence-electron chi connectivity index (χ4n) is 7.09. The van der Waals surface area contributed by atoms with Gasteiger partial charge in [0.25, 0.3) is 0 Å². The van der Waals surface area contributed by atoms with Crippen LogP contribution in [0.5, 0.6) is 5.75 Å². The van der Waals surface area contributed by atoms with Crippen LogP contribution in [0.15, 0.2) is 152 Å². The van der Waals surface area contributed by atoms with Gasteiger partial charge in [-0.3, -0.25) is 9.55 Å². The summed E-state index contributed by atoms with van der Waals surface area (Å²) in [6.07, 6.45) is 1.66. The first kappa shape index (κ1) is 31.1. The van der Waals surface area contributed by atoms with Crippen molar-refractivity contribution < 1.29 is 10.6 Å². The fraction of sp³-hybridized carbons (Fsp3) is 0.176. The second kappa shape index (κ2) is 13.9. The number of nitrogens with zero attached hydrogens (tertiary/aromatic N) is 3. The van der Waals surface area contributed by atoms with Gasteiger partial charge in [-0.05, 0) is 106 Å². The predicted molar refractivity (Wildman–Crippen MR) is 230 cm³/mol. The van der Waals surface area contributed by atoms with Crippen LogP contribution in [0.25, 0.3) is 72.7 Å². The Morgan fingerprint density at radius 3 is 1.98 bits per heavy atom. The van der Waals surface area contributed by atoms with Gasteiger partial charge in [0.1, 0.15) is 11.6 Å². The van der Waals surface area contributed by atoms with Gasteiger partial charge in [0.2, 0.25) is 0 Å². The number of para-hydroxylation sites is 2. The first-order chi connectivity index (χ1) is 28.0. The maximum atomic E-state index is 11.4. The van der Waals surface area contributed by atoms with Gasteiger partial charge >= 0.3 is 0 Å². The second-order valence-electron chi connectivity index (χ2n) is 16.3. The highest BCUT2D eigenvalue weighted by atomic mass is 16.3. The van der Waals surface area contributed by atoms with Crippen LogP contribution in [0, 0.1) is 6.92 Å². The topological polar surface area (TPSA) is 50.9 Å². The number of benzene rings is 6. The van der Waals surface area contributed by atoms with Crippen molar-refractivity contribution in [3.05, 3.63) is 168 Å². The Labute approximate surface area is 330 Å². The summed E-state index contributed by atoms with van der Waals surface area (Å²) in [6, 6.07) is 40.4. The van der Waals surface area contributed by atoms with Gasteiger partial charge in [0.05, 0.1) is 33.5 Å². The fourth-order valence-corrected chi connectivity index (χ4v) is 7.09. The Morgan fingerprint density at radius 1 is 0.564 bits per heavy atom. The van der Waals surface area contributed by atoms with Gasteiger partial charge in [-0.15, -0.1) is 0 Å². The largest absolute Gasteiger partial charge is 0.507 e. The van der Waals surface area contributed by atoms with Crippen LogP contribution in [0.4, 0.5) is 0 Å². The van der Waals surface area contributed by atoms with E-state index >= 15 is 0 Å². The zero-order valence-corrected chi connectivity index (χ0v) is 32.4. The number of rotatable bonds is 6. The van der Waals surface area contributed by atoms with Crippen molar-refractivity contribution in [3.8, 4) is 67.5 Å². The maximum absolute atomic E-state index is 11.4. The maximum Gasteiger partial charge on any atom is 0.149 e. The van der Waals surface area contributed by atoms with Crippen LogP contribution in [0.2, 0.25) is 0 Å². The molecule has 0 atom stereocenters. The zero-order chi connectivity index (χ0) is 42.0. The highest BCUT2D eigenvalue weighted by molar-refractivity contribution is 5.97. The van der Waals surface area contributed by atoms with Crippen LogP contribution in [0.3, 0.4) is 0 Å². The molecule has 1 N–H and O–H groups in total. The lowest BCUT2D eigenvalue weighted by molar-refractivity contribution is 0.477. The predicted octanol–water partition coefficient (Wildman–Crippen LogP) is 13.4. The number of aromatic nitrogens is 3. The standard InChI is InChI=1S/C51H47N3O/c1-33-20-22-34(23-21-33)36-26-27-52-44(31-36)38-28-37(29-40(30-38)51(5,6)7)41-17-13-18-46-48(41)53-49(42-16-11-12-19-47(42)55)54(46)45-25-24-39(50(2,3)4)32-43(45)35-14-9-8-10-15-35/h8-32,55H,1-7H3/i20D,21D,22D,23D. The highest BCUT2D eigenvalue weighted by Crippen LogP contribution is 2.42. The molecule has 8 rings (SSSR count). The Hall–Kier alpha value is -6.26. The lowest BCUT2D eigenvalue weighted by Gasteiger charge is -2.23. The quantitative estimate of drug-likeness (QED) is 0.186. The smallest absolute Gasteiger partial charge is 0.149 e. The molecular formula is C51H47N3O. The van der Waals surface area contributed by atoms with E-state index in [0.29, 0.717) is 28.2 Å². The third-order valence-electron chi connectivity index (χ3n) is 10.2. The van der Waals surface area contributed by atoms with Crippen molar-refractivity contribution in [3.63, 3.8) is 0 Å². The van der Waals surface area contributed by atoms with Crippen LogP contribution in [0.1, 0.15) is 63.7 Å². The van der Waals surface area contributed by atoms with E-state index in [9.17, 15) is 5.11 Å². The molecule has 0 aliphatic heterocycles. The van der Waals surface area contributed by atoms with Gasteiger partial charge in [-0.25, -0.2) is 4.98 Å². The Balaban J connectivity index is 1.39. The molecule has 55 heavy (non-hydrogen) atoms. The molecule has 0 aliphatic rings. The van der Waals surface area contributed by atoms with Crippen molar-refractivity contribution >= 4 is 11.0 Å². The van der Waals surface area contributed by atoms with Gasteiger partial charge in [0.15, 0.2) is 0 Å². The summed E-state index contributed by atoms with van der Waals surface area (Å²) in [5.74, 6) is 0.752. The molecule has 0 amide bonds. The normalized spacial score (nSPS) is 13.0. The van der Waals surface area contributed by atoms with Crippen LogP contribution in [-0.2, 0) is 10.8 Å². The van der Waals surface area contributed by atoms with E-state index in [-0.39, 0.29) is 46.3 Å². The minimum Gasteiger partial charge on any atom is -0.507 e. The summed E-state index contributed by atoms with van der Waals surface area (Å²) in [4.78, 5) is 10.2. The molecule has 0 saturated heterocycles. The Morgan fingerprint density at radius 2 is 1.25 bits per heavy atom. The van der Waals surface area contributed by atoms with Crippen molar-refractivity contribution in [2.75, 3.05) is 0 Å². The number of phenolic OH excluding ortho intramolecular Hbond substituents is 1. The molecule has 272 valence electrons. The highest BCUT2D eigenvalue weighted by Gasteiger charge is 2.25. The number of hydrogen-bond donors (Lipinski definition) is 1. The van der Waals surface area contributed by atoms with E-state index in [0.717, 1.165) is 50.1 Å². The monoisotopic (exact) mass is 721 g/mol. The van der Waals surface area contributed by atoms with E-state index in [2.05, 4.69) is 125 Å². The van der Waals surface area contributed by atoms with Gasteiger partial charge in [-0.2, -0.15) is 0 Å². The molecule has 0 radical (unpaired) electrons. The number of imidazole rings is 1. The molecular weight excluding hydrogens is 671 g/mol. The zero-order valence-electron chi connectivity index (χ0n) is 36.4. The van der Waals surface area contributed by atoms with E-state index in [1.807, 2.05) is 30.3 Å². The molecule has 4 nitrogen and oxygen atoms in total. The molecule has 2 heterocycles. The van der Waals surface area contributed by atoms with Crippen molar-refractivity contribution in [1.82, 2.24) is 14.5 Å². The lowest BCUT2D eigenvalue weighted by Crippen LogP contribution is -2.12. The molecule has 0 saturated carbocycles. The van der Waals surface area contributed by atoms with E-state index in [4.69, 9.17) is 15.5 Å². The average Bonchev–Trinajstić information content (AvgIpc) is 3.61. The molecule has 0 spiro atoms. The van der Waals surface area contributed by atoms with Crippen LogP contribution in [-0.4, -0.2) is 19.6 Å². The molecule has 2 aromatic heterocycles. The average molecular weight is 722 g/mol. The van der Waals surface area contributed by atoms with Crippen molar-refractivity contribution in [1.29, 1.82) is 0 Å². The number of pyridine rings is 1. The number of hydrogen-bond acceptors (Lipinski definition) is 3. The van der Waals surface area contributed by atoms with Gasteiger partial charge in [-0.1, -0.05) is 138 Å². The van der Waals surface area contributed by atoms with Gasteiger partial charge < -0.3 is 5.11 Å². The molecule has 0 unspecified atom stereocenters. The number of phenols is 1. The SMILES string of the molecule is [2H]c1c([2H])c(-c2ccnc(-c3cc(-c4cccc5c4nc(-c4ccccc4O)n5-c4ccc(C(C)(C)C)cc4-c4ccccc4)cc(C(C)(C)C)c3)c2)c([2H])c([2H])c1C. The van der Waals surface area contributed by atoms with Crippen LogP contribution >= 0.6 is 0 Å². The Bertz CT molecular complexity index is 2890. The first-order valence-electron chi connectivity index (χ1n) is 20.7.